The highest BCUT2D eigenvalue weighted by molar-refractivity contribution is 5.90. The first kappa shape index (κ1) is 15.3. The molecule has 0 bridgehead atoms. The van der Waals surface area contributed by atoms with E-state index in [0.717, 1.165) is 6.54 Å². The van der Waals surface area contributed by atoms with E-state index in [0.29, 0.717) is 23.8 Å². The number of urea groups is 1. The SMILES string of the molecule is CN(CCNC(=O)Nc1ccccc1CC(=O)O)C1CC1. The zero-order chi connectivity index (χ0) is 15.2. The molecular weight excluding hydrogens is 270 g/mol. The van der Waals surface area contributed by atoms with Crippen molar-refractivity contribution in [3.63, 3.8) is 0 Å². The quantitative estimate of drug-likeness (QED) is 0.711. The number of hydrogen-bond acceptors (Lipinski definition) is 3. The molecule has 1 aliphatic carbocycles. The summed E-state index contributed by atoms with van der Waals surface area (Å²) in [5.74, 6) is -0.921. The average molecular weight is 291 g/mol. The van der Waals surface area contributed by atoms with E-state index in [4.69, 9.17) is 5.11 Å². The number of amides is 2. The molecule has 0 heterocycles. The Hall–Kier alpha value is -2.08. The second-order valence-corrected chi connectivity index (χ2v) is 5.32. The van der Waals surface area contributed by atoms with Crippen LogP contribution in [0.15, 0.2) is 24.3 Å². The average Bonchev–Trinajstić information content (AvgIpc) is 3.24. The molecule has 1 aliphatic rings. The van der Waals surface area contributed by atoms with Gasteiger partial charge in [0.1, 0.15) is 0 Å². The normalized spacial score (nSPS) is 14.0. The van der Waals surface area contributed by atoms with Crippen LogP contribution in [0.2, 0.25) is 0 Å². The van der Waals surface area contributed by atoms with Crippen LogP contribution in [0.5, 0.6) is 0 Å². The summed E-state index contributed by atoms with van der Waals surface area (Å²) in [6.45, 7) is 1.38. The highest BCUT2D eigenvalue weighted by Crippen LogP contribution is 2.24. The Morgan fingerprint density at radius 2 is 2.05 bits per heavy atom. The van der Waals surface area contributed by atoms with E-state index < -0.39 is 5.97 Å². The number of anilines is 1. The monoisotopic (exact) mass is 291 g/mol. The molecule has 3 N–H and O–H groups in total. The minimum absolute atomic E-state index is 0.110. The molecule has 114 valence electrons. The van der Waals surface area contributed by atoms with E-state index in [9.17, 15) is 9.59 Å². The van der Waals surface area contributed by atoms with Gasteiger partial charge in [-0.3, -0.25) is 4.79 Å². The molecule has 0 aliphatic heterocycles. The first-order chi connectivity index (χ1) is 10.1. The van der Waals surface area contributed by atoms with Gasteiger partial charge in [-0.15, -0.1) is 0 Å². The maximum atomic E-state index is 11.8. The number of benzene rings is 1. The van der Waals surface area contributed by atoms with Gasteiger partial charge in [0.05, 0.1) is 6.42 Å². The molecule has 0 radical (unpaired) electrons. The lowest BCUT2D eigenvalue weighted by Crippen LogP contribution is -2.36. The Balaban J connectivity index is 1.80. The second kappa shape index (κ2) is 7.08. The Morgan fingerprint density at radius 3 is 2.71 bits per heavy atom. The zero-order valence-corrected chi connectivity index (χ0v) is 12.1. The molecule has 0 spiro atoms. The van der Waals surface area contributed by atoms with Crippen molar-refractivity contribution in [3.05, 3.63) is 29.8 Å². The number of nitrogens with one attached hydrogen (secondary N) is 2. The number of carboxylic acid groups (broad SMARTS) is 1. The van der Waals surface area contributed by atoms with E-state index in [2.05, 4.69) is 22.6 Å². The summed E-state index contributed by atoms with van der Waals surface area (Å²) in [5.41, 5.74) is 1.13. The third kappa shape index (κ3) is 5.07. The lowest BCUT2D eigenvalue weighted by Gasteiger charge is -2.16. The van der Waals surface area contributed by atoms with Crippen LogP contribution in [0.25, 0.3) is 0 Å². The molecule has 0 unspecified atom stereocenters. The molecule has 1 aromatic rings. The van der Waals surface area contributed by atoms with Crippen LogP contribution in [0, 0.1) is 0 Å². The molecule has 1 fully saturated rings. The highest BCUT2D eigenvalue weighted by atomic mass is 16.4. The standard InChI is InChI=1S/C15H21N3O3/c1-18(12-6-7-12)9-8-16-15(21)17-13-5-3-2-4-11(13)10-14(19)20/h2-5,12H,6-10H2,1H3,(H,19,20)(H2,16,17,21). The summed E-state index contributed by atoms with van der Waals surface area (Å²) in [4.78, 5) is 24.9. The van der Waals surface area contributed by atoms with Crippen LogP contribution in [0.3, 0.4) is 0 Å². The predicted octanol–water partition coefficient (Wildman–Crippen LogP) is 1.53. The summed E-state index contributed by atoms with van der Waals surface area (Å²) in [7, 11) is 2.05. The van der Waals surface area contributed by atoms with Crippen LogP contribution >= 0.6 is 0 Å². The molecule has 0 saturated heterocycles. The van der Waals surface area contributed by atoms with Crippen molar-refractivity contribution in [2.75, 3.05) is 25.5 Å². The second-order valence-electron chi connectivity index (χ2n) is 5.32. The largest absolute Gasteiger partial charge is 0.481 e. The fourth-order valence-corrected chi connectivity index (χ4v) is 2.17. The maximum absolute atomic E-state index is 11.8. The van der Waals surface area contributed by atoms with Crippen molar-refractivity contribution < 1.29 is 14.7 Å². The van der Waals surface area contributed by atoms with Crippen molar-refractivity contribution in [1.29, 1.82) is 0 Å². The Bertz CT molecular complexity index is 515. The third-order valence-corrected chi connectivity index (χ3v) is 3.53. The first-order valence-corrected chi connectivity index (χ1v) is 7.11. The van der Waals surface area contributed by atoms with Gasteiger partial charge < -0.3 is 20.6 Å². The summed E-state index contributed by atoms with van der Waals surface area (Å²) >= 11 is 0. The smallest absolute Gasteiger partial charge is 0.319 e. The van der Waals surface area contributed by atoms with Crippen LogP contribution < -0.4 is 10.6 Å². The number of carboxylic acids is 1. The number of aliphatic carboxylic acids is 1. The van der Waals surface area contributed by atoms with Crippen molar-refractivity contribution in [3.8, 4) is 0 Å². The summed E-state index contributed by atoms with van der Waals surface area (Å²) < 4.78 is 0. The number of carbonyl (C=O) groups excluding carboxylic acids is 1. The summed E-state index contributed by atoms with van der Waals surface area (Å²) in [6, 6.07) is 7.29. The summed E-state index contributed by atoms with van der Waals surface area (Å²) in [5, 5.41) is 14.3. The minimum atomic E-state index is -0.921. The predicted molar refractivity (Wildman–Crippen MR) is 80.5 cm³/mol. The van der Waals surface area contributed by atoms with Gasteiger partial charge >= 0.3 is 12.0 Å². The summed E-state index contributed by atoms with van der Waals surface area (Å²) in [6.07, 6.45) is 2.37. The molecule has 0 atom stereocenters. The lowest BCUT2D eigenvalue weighted by atomic mass is 10.1. The van der Waals surface area contributed by atoms with E-state index in [1.54, 1.807) is 24.3 Å². The van der Waals surface area contributed by atoms with Crippen molar-refractivity contribution >= 4 is 17.7 Å². The van der Waals surface area contributed by atoms with Crippen LogP contribution in [-0.2, 0) is 11.2 Å². The number of likely N-dealkylation sites (N-methyl/N-ethyl adjacent to an activating group) is 1. The third-order valence-electron chi connectivity index (χ3n) is 3.53. The minimum Gasteiger partial charge on any atom is -0.481 e. The van der Waals surface area contributed by atoms with E-state index >= 15 is 0 Å². The van der Waals surface area contributed by atoms with E-state index in [-0.39, 0.29) is 12.5 Å². The van der Waals surface area contributed by atoms with Gasteiger partial charge in [0, 0.05) is 24.8 Å². The van der Waals surface area contributed by atoms with Gasteiger partial charge in [0.25, 0.3) is 0 Å². The first-order valence-electron chi connectivity index (χ1n) is 7.11. The van der Waals surface area contributed by atoms with Crippen molar-refractivity contribution in [2.24, 2.45) is 0 Å². The molecule has 6 heteroatoms. The van der Waals surface area contributed by atoms with Gasteiger partial charge in [0.2, 0.25) is 0 Å². The molecular formula is C15H21N3O3. The van der Waals surface area contributed by atoms with Gasteiger partial charge in [-0.2, -0.15) is 0 Å². The lowest BCUT2D eigenvalue weighted by molar-refractivity contribution is -0.136. The number of hydrogen-bond donors (Lipinski definition) is 3. The molecule has 2 rings (SSSR count). The molecule has 0 aromatic heterocycles. The van der Waals surface area contributed by atoms with Crippen LogP contribution in [0.1, 0.15) is 18.4 Å². The maximum Gasteiger partial charge on any atom is 0.319 e. The van der Waals surface area contributed by atoms with Crippen LogP contribution in [-0.4, -0.2) is 48.2 Å². The fourth-order valence-electron chi connectivity index (χ4n) is 2.17. The Kier molecular flexibility index (Phi) is 5.16. The number of carbonyl (C=O) groups is 2. The molecule has 6 nitrogen and oxygen atoms in total. The van der Waals surface area contributed by atoms with Gasteiger partial charge in [-0.1, -0.05) is 18.2 Å². The number of rotatable bonds is 7. The molecule has 1 saturated carbocycles. The topological polar surface area (TPSA) is 81.7 Å². The molecule has 2 amide bonds. The Labute approximate surface area is 124 Å². The molecule has 1 aromatic carbocycles. The van der Waals surface area contributed by atoms with Gasteiger partial charge in [-0.25, -0.2) is 4.79 Å². The van der Waals surface area contributed by atoms with E-state index in [1.165, 1.54) is 12.8 Å². The zero-order valence-electron chi connectivity index (χ0n) is 12.1. The van der Waals surface area contributed by atoms with Gasteiger partial charge in [0.15, 0.2) is 0 Å². The number of nitrogens with zero attached hydrogens (tertiary/aromatic N) is 1. The number of para-hydroxylation sites is 1. The van der Waals surface area contributed by atoms with Crippen molar-refractivity contribution in [1.82, 2.24) is 10.2 Å². The Morgan fingerprint density at radius 1 is 1.33 bits per heavy atom. The van der Waals surface area contributed by atoms with Gasteiger partial charge in [-0.05, 0) is 31.5 Å². The fraction of sp³-hybridized carbons (Fsp3) is 0.467. The van der Waals surface area contributed by atoms with Crippen molar-refractivity contribution in [2.45, 2.75) is 25.3 Å². The highest BCUT2D eigenvalue weighted by Gasteiger charge is 2.25. The van der Waals surface area contributed by atoms with E-state index in [1.807, 2.05) is 0 Å². The molecule has 21 heavy (non-hydrogen) atoms. The van der Waals surface area contributed by atoms with Crippen LogP contribution in [0.4, 0.5) is 10.5 Å².